The lowest BCUT2D eigenvalue weighted by Gasteiger charge is -2.16. The van der Waals surface area contributed by atoms with Crippen LogP contribution in [0.2, 0.25) is 0 Å². The van der Waals surface area contributed by atoms with Crippen LogP contribution in [0.4, 0.5) is 0 Å². The summed E-state index contributed by atoms with van der Waals surface area (Å²) in [6.45, 7) is 0. The van der Waals surface area contributed by atoms with Gasteiger partial charge in [0.25, 0.3) is 0 Å². The van der Waals surface area contributed by atoms with Gasteiger partial charge < -0.3 is 15.3 Å². The molecule has 1 unspecified atom stereocenters. The van der Waals surface area contributed by atoms with Crippen molar-refractivity contribution in [3.8, 4) is 0 Å². The molecule has 3 heteroatoms. The van der Waals surface area contributed by atoms with Crippen molar-refractivity contribution in [2.45, 2.75) is 25.4 Å². The number of aliphatic hydroxyl groups excluding tert-OH is 3. The minimum absolute atomic E-state index is 0.0613. The molecule has 0 amide bonds. The Morgan fingerprint density at radius 3 is 2.44 bits per heavy atom. The molecule has 0 bridgehead atoms. The summed E-state index contributed by atoms with van der Waals surface area (Å²) in [5.74, 6) is -0.310. The standard InChI is InChI=1S/C6H10O3/c7-4-2-1-3-5(8)6(4)9/h4,7-9H,1-3H2. The largest absolute Gasteiger partial charge is 0.509 e. The van der Waals surface area contributed by atoms with Crippen LogP contribution in [-0.2, 0) is 0 Å². The Hall–Kier alpha value is -0.700. The van der Waals surface area contributed by atoms with Gasteiger partial charge in [-0.2, -0.15) is 0 Å². The van der Waals surface area contributed by atoms with E-state index in [4.69, 9.17) is 15.3 Å². The fraction of sp³-hybridized carbons (Fsp3) is 0.667. The number of hydrogen-bond donors (Lipinski definition) is 3. The predicted octanol–water partition coefficient (Wildman–Crippen LogP) is 0.859. The van der Waals surface area contributed by atoms with Crippen LogP contribution in [0.25, 0.3) is 0 Å². The molecule has 0 aromatic heterocycles. The molecule has 0 fully saturated rings. The summed E-state index contributed by atoms with van der Waals surface area (Å²) in [6.07, 6.45) is 0.953. The smallest absolute Gasteiger partial charge is 0.158 e. The van der Waals surface area contributed by atoms with Crippen molar-refractivity contribution in [1.29, 1.82) is 0 Å². The van der Waals surface area contributed by atoms with E-state index >= 15 is 0 Å². The fourth-order valence-corrected chi connectivity index (χ4v) is 0.920. The van der Waals surface area contributed by atoms with Crippen LogP contribution in [0.3, 0.4) is 0 Å². The number of allylic oxidation sites excluding steroid dienone is 1. The Bertz CT molecular complexity index is 139. The molecule has 0 saturated carbocycles. The van der Waals surface area contributed by atoms with E-state index < -0.39 is 6.10 Å². The van der Waals surface area contributed by atoms with Crippen molar-refractivity contribution >= 4 is 0 Å². The molecule has 1 aliphatic carbocycles. The van der Waals surface area contributed by atoms with Gasteiger partial charge in [0.15, 0.2) is 5.76 Å². The van der Waals surface area contributed by atoms with Crippen LogP contribution in [-0.4, -0.2) is 21.4 Å². The molecule has 0 aromatic carbocycles. The van der Waals surface area contributed by atoms with Gasteiger partial charge in [-0.25, -0.2) is 0 Å². The van der Waals surface area contributed by atoms with E-state index in [-0.39, 0.29) is 11.5 Å². The first-order valence-corrected chi connectivity index (χ1v) is 3.01. The van der Waals surface area contributed by atoms with Crippen molar-refractivity contribution in [2.75, 3.05) is 0 Å². The van der Waals surface area contributed by atoms with Crippen molar-refractivity contribution in [1.82, 2.24) is 0 Å². The summed E-state index contributed by atoms with van der Waals surface area (Å²) >= 11 is 0. The maximum absolute atomic E-state index is 8.88. The van der Waals surface area contributed by atoms with Gasteiger partial charge in [-0.15, -0.1) is 0 Å². The summed E-state index contributed by atoms with van der Waals surface area (Å²) in [4.78, 5) is 0. The highest BCUT2D eigenvalue weighted by atomic mass is 16.3. The molecule has 52 valence electrons. The molecule has 3 N–H and O–H groups in total. The van der Waals surface area contributed by atoms with Gasteiger partial charge in [-0.1, -0.05) is 0 Å². The molecule has 1 aliphatic rings. The monoisotopic (exact) mass is 130 g/mol. The molecular formula is C6H10O3. The first kappa shape index (κ1) is 6.42. The van der Waals surface area contributed by atoms with Crippen molar-refractivity contribution in [2.24, 2.45) is 0 Å². The molecule has 0 aromatic rings. The van der Waals surface area contributed by atoms with Crippen LogP contribution in [0, 0.1) is 0 Å². The second-order valence-corrected chi connectivity index (χ2v) is 2.24. The third kappa shape index (κ3) is 1.16. The molecule has 0 spiro atoms. The molecular weight excluding hydrogens is 120 g/mol. The molecule has 1 atom stereocenters. The maximum atomic E-state index is 8.88. The highest BCUT2D eigenvalue weighted by molar-refractivity contribution is 5.07. The zero-order valence-corrected chi connectivity index (χ0v) is 5.04. The Labute approximate surface area is 53.3 Å². The van der Waals surface area contributed by atoms with Gasteiger partial charge in [-0.3, -0.25) is 0 Å². The number of rotatable bonds is 0. The highest BCUT2D eigenvalue weighted by Gasteiger charge is 2.19. The van der Waals surface area contributed by atoms with E-state index in [1.807, 2.05) is 0 Å². The lowest BCUT2D eigenvalue weighted by atomic mass is 10.0. The summed E-state index contributed by atoms with van der Waals surface area (Å²) < 4.78 is 0. The molecule has 0 aliphatic heterocycles. The average molecular weight is 130 g/mol. The van der Waals surface area contributed by atoms with Crippen molar-refractivity contribution < 1.29 is 15.3 Å². The molecule has 0 radical (unpaired) electrons. The first-order chi connectivity index (χ1) is 4.22. The molecule has 0 heterocycles. The second kappa shape index (κ2) is 2.27. The number of aliphatic hydroxyl groups is 3. The summed E-state index contributed by atoms with van der Waals surface area (Å²) in [6, 6.07) is 0. The minimum Gasteiger partial charge on any atom is -0.509 e. The van der Waals surface area contributed by atoms with Gasteiger partial charge in [0, 0.05) is 6.42 Å². The quantitative estimate of drug-likeness (QED) is 0.455. The van der Waals surface area contributed by atoms with Gasteiger partial charge in [0.05, 0.1) is 0 Å². The van der Waals surface area contributed by atoms with Crippen LogP contribution >= 0.6 is 0 Å². The van der Waals surface area contributed by atoms with Gasteiger partial charge in [0.1, 0.15) is 11.9 Å². The van der Waals surface area contributed by atoms with Crippen molar-refractivity contribution in [3.05, 3.63) is 11.5 Å². The van der Waals surface area contributed by atoms with E-state index in [1.165, 1.54) is 0 Å². The van der Waals surface area contributed by atoms with Gasteiger partial charge in [-0.05, 0) is 12.8 Å². The number of hydrogen-bond acceptors (Lipinski definition) is 3. The second-order valence-electron chi connectivity index (χ2n) is 2.24. The first-order valence-electron chi connectivity index (χ1n) is 3.01. The SMILES string of the molecule is OC1=C(O)C(O)CCC1. The lowest BCUT2D eigenvalue weighted by molar-refractivity contribution is 0.113. The van der Waals surface area contributed by atoms with Gasteiger partial charge in [0.2, 0.25) is 0 Å². The summed E-state index contributed by atoms with van der Waals surface area (Å²) in [5.41, 5.74) is 0. The van der Waals surface area contributed by atoms with Crippen LogP contribution in [0.15, 0.2) is 11.5 Å². The highest BCUT2D eigenvalue weighted by Crippen LogP contribution is 2.20. The third-order valence-corrected chi connectivity index (χ3v) is 1.50. The third-order valence-electron chi connectivity index (χ3n) is 1.50. The molecule has 0 saturated heterocycles. The Kier molecular flexibility index (Phi) is 1.62. The normalized spacial score (nSPS) is 28.8. The van der Waals surface area contributed by atoms with E-state index in [2.05, 4.69) is 0 Å². The maximum Gasteiger partial charge on any atom is 0.158 e. The van der Waals surface area contributed by atoms with Gasteiger partial charge >= 0.3 is 0 Å². The fourth-order valence-electron chi connectivity index (χ4n) is 0.920. The Morgan fingerprint density at radius 1 is 1.33 bits per heavy atom. The summed E-state index contributed by atoms with van der Waals surface area (Å²) in [5, 5.41) is 26.5. The Morgan fingerprint density at radius 2 is 2.00 bits per heavy atom. The van der Waals surface area contributed by atoms with Crippen LogP contribution < -0.4 is 0 Å². The average Bonchev–Trinajstić information content (AvgIpc) is 1.83. The zero-order valence-electron chi connectivity index (χ0n) is 5.04. The summed E-state index contributed by atoms with van der Waals surface area (Å²) in [7, 11) is 0. The van der Waals surface area contributed by atoms with Crippen LogP contribution in [0.1, 0.15) is 19.3 Å². The molecule has 9 heavy (non-hydrogen) atoms. The topological polar surface area (TPSA) is 60.7 Å². The van der Waals surface area contributed by atoms with Crippen molar-refractivity contribution in [3.63, 3.8) is 0 Å². The Balaban J connectivity index is 2.72. The minimum atomic E-state index is -0.834. The predicted molar refractivity (Wildman–Crippen MR) is 32.1 cm³/mol. The van der Waals surface area contributed by atoms with E-state index in [0.29, 0.717) is 12.8 Å². The molecule has 1 rings (SSSR count). The van der Waals surface area contributed by atoms with E-state index in [0.717, 1.165) is 6.42 Å². The molecule has 3 nitrogen and oxygen atoms in total. The zero-order chi connectivity index (χ0) is 6.85. The lowest BCUT2D eigenvalue weighted by Crippen LogP contribution is -2.16. The van der Waals surface area contributed by atoms with Crippen LogP contribution in [0.5, 0.6) is 0 Å². The van der Waals surface area contributed by atoms with E-state index in [9.17, 15) is 0 Å². The van der Waals surface area contributed by atoms with E-state index in [1.54, 1.807) is 0 Å².